The fraction of sp³-hybridized carbons (Fsp3) is 0.200. The summed E-state index contributed by atoms with van der Waals surface area (Å²) in [5.74, 6) is -0.319. The van der Waals surface area contributed by atoms with Gasteiger partial charge in [0.05, 0.1) is 24.4 Å². The largest absolute Gasteiger partial charge is 0.349 e. The Morgan fingerprint density at radius 2 is 1.76 bits per heavy atom. The van der Waals surface area contributed by atoms with Crippen molar-refractivity contribution in [2.24, 2.45) is 7.05 Å². The first kappa shape index (κ1) is 20.5. The molecule has 0 aliphatic rings. The molecule has 1 heterocycles. The second kappa shape index (κ2) is 9.83. The number of benzene rings is 2. The van der Waals surface area contributed by atoms with Gasteiger partial charge in [0.25, 0.3) is 0 Å². The number of carbonyl (C=O) groups excluding carboxylic acids is 2. The van der Waals surface area contributed by atoms with Gasteiger partial charge in [-0.3, -0.25) is 9.59 Å². The number of para-hydroxylation sites is 1. The van der Waals surface area contributed by atoms with E-state index in [0.29, 0.717) is 11.0 Å². The topological polar surface area (TPSA) is 88.9 Å². The third kappa shape index (κ3) is 5.89. The van der Waals surface area contributed by atoms with Crippen molar-refractivity contribution < 1.29 is 14.0 Å². The molecule has 9 heteroatoms. The Kier molecular flexibility index (Phi) is 6.96. The first-order valence-corrected chi connectivity index (χ1v) is 9.87. The van der Waals surface area contributed by atoms with Crippen LogP contribution >= 0.6 is 11.8 Å². The summed E-state index contributed by atoms with van der Waals surface area (Å²) in [6, 6.07) is 15.4. The Labute approximate surface area is 171 Å². The average molecular weight is 413 g/mol. The zero-order chi connectivity index (χ0) is 20.6. The Bertz CT molecular complexity index is 994. The molecule has 0 atom stereocenters. The summed E-state index contributed by atoms with van der Waals surface area (Å²) in [7, 11) is 1.76. The number of hydrogen-bond acceptors (Lipinski definition) is 5. The molecule has 3 aromatic rings. The molecule has 150 valence electrons. The molecule has 0 aliphatic heterocycles. The van der Waals surface area contributed by atoms with E-state index in [-0.39, 0.29) is 36.2 Å². The van der Waals surface area contributed by atoms with Gasteiger partial charge in [-0.15, -0.1) is 10.2 Å². The van der Waals surface area contributed by atoms with Crippen molar-refractivity contribution in [1.29, 1.82) is 0 Å². The summed E-state index contributed by atoms with van der Waals surface area (Å²) < 4.78 is 15.3. The first-order valence-electron chi connectivity index (χ1n) is 8.89. The molecular weight excluding hydrogens is 393 g/mol. The number of nitrogens with one attached hydrogen (secondary N) is 2. The summed E-state index contributed by atoms with van der Waals surface area (Å²) in [6.45, 7) is 0.233. The molecule has 0 aliphatic carbocycles. The molecule has 2 aromatic carbocycles. The highest BCUT2D eigenvalue weighted by Crippen LogP contribution is 2.17. The highest BCUT2D eigenvalue weighted by molar-refractivity contribution is 7.99. The number of halogens is 1. The van der Waals surface area contributed by atoms with Crippen molar-refractivity contribution in [1.82, 2.24) is 20.1 Å². The van der Waals surface area contributed by atoms with Crippen LogP contribution in [0, 0.1) is 5.82 Å². The molecule has 0 spiro atoms. The lowest BCUT2D eigenvalue weighted by Crippen LogP contribution is -2.26. The zero-order valence-corrected chi connectivity index (χ0v) is 16.6. The number of nitrogens with zero attached hydrogens (tertiary/aromatic N) is 3. The van der Waals surface area contributed by atoms with Crippen molar-refractivity contribution in [3.05, 3.63) is 71.8 Å². The number of anilines is 1. The van der Waals surface area contributed by atoms with Gasteiger partial charge in [0.2, 0.25) is 11.8 Å². The third-order valence-electron chi connectivity index (χ3n) is 4.06. The molecule has 2 N–H and O–H groups in total. The van der Waals surface area contributed by atoms with Crippen LogP contribution in [0.1, 0.15) is 11.4 Å². The third-order valence-corrected chi connectivity index (χ3v) is 5.08. The molecule has 0 saturated heterocycles. The predicted octanol–water partition coefficient (Wildman–Crippen LogP) is 2.54. The van der Waals surface area contributed by atoms with Crippen molar-refractivity contribution in [3.8, 4) is 0 Å². The Balaban J connectivity index is 1.48. The summed E-state index contributed by atoms with van der Waals surface area (Å²) >= 11 is 1.18. The van der Waals surface area contributed by atoms with E-state index in [0.717, 1.165) is 5.56 Å². The minimum atomic E-state index is -0.488. The molecule has 0 fully saturated rings. The van der Waals surface area contributed by atoms with Crippen molar-refractivity contribution >= 4 is 29.3 Å². The van der Waals surface area contributed by atoms with Gasteiger partial charge in [0, 0.05) is 7.05 Å². The van der Waals surface area contributed by atoms with Gasteiger partial charge in [-0.25, -0.2) is 4.39 Å². The second-order valence-corrected chi connectivity index (χ2v) is 7.16. The smallest absolute Gasteiger partial charge is 0.234 e. The van der Waals surface area contributed by atoms with Gasteiger partial charge in [0.15, 0.2) is 11.0 Å². The van der Waals surface area contributed by atoms with E-state index < -0.39 is 5.82 Å². The zero-order valence-electron chi connectivity index (χ0n) is 15.8. The highest BCUT2D eigenvalue weighted by Gasteiger charge is 2.13. The molecular formula is C20H20FN5O2S. The van der Waals surface area contributed by atoms with E-state index in [4.69, 9.17) is 0 Å². The number of rotatable bonds is 8. The Morgan fingerprint density at radius 1 is 1.03 bits per heavy atom. The van der Waals surface area contributed by atoms with E-state index in [2.05, 4.69) is 20.8 Å². The highest BCUT2D eigenvalue weighted by atomic mass is 32.2. The molecule has 29 heavy (non-hydrogen) atoms. The molecule has 7 nitrogen and oxygen atoms in total. The molecule has 0 saturated carbocycles. The maximum atomic E-state index is 13.6. The molecule has 3 rings (SSSR count). The van der Waals surface area contributed by atoms with E-state index in [1.165, 1.54) is 23.9 Å². The number of amides is 2. The van der Waals surface area contributed by atoms with Gasteiger partial charge in [0.1, 0.15) is 5.82 Å². The molecule has 0 unspecified atom stereocenters. The van der Waals surface area contributed by atoms with E-state index in [1.54, 1.807) is 23.7 Å². The summed E-state index contributed by atoms with van der Waals surface area (Å²) in [5, 5.41) is 14.0. The van der Waals surface area contributed by atoms with Crippen molar-refractivity contribution in [3.63, 3.8) is 0 Å². The maximum Gasteiger partial charge on any atom is 0.234 e. The van der Waals surface area contributed by atoms with Crippen LogP contribution in [0.3, 0.4) is 0 Å². The Hall–Kier alpha value is -3.20. The van der Waals surface area contributed by atoms with Crippen LogP contribution in [0.2, 0.25) is 0 Å². The fourth-order valence-corrected chi connectivity index (χ4v) is 3.25. The van der Waals surface area contributed by atoms with Gasteiger partial charge < -0.3 is 15.2 Å². The van der Waals surface area contributed by atoms with Crippen LogP contribution in [0.25, 0.3) is 0 Å². The van der Waals surface area contributed by atoms with E-state index >= 15 is 0 Å². The van der Waals surface area contributed by atoms with E-state index in [1.807, 2.05) is 30.3 Å². The van der Waals surface area contributed by atoms with E-state index in [9.17, 15) is 14.0 Å². The standard InChI is InChI=1S/C20H20FN5O2S/c1-26-17(12-22-18(27)11-14-7-3-2-4-8-14)24-25-20(26)29-13-19(28)23-16-10-6-5-9-15(16)21/h2-10H,11-13H2,1H3,(H,22,27)(H,23,28). The quantitative estimate of drug-likeness (QED) is 0.554. The van der Waals surface area contributed by atoms with Crippen molar-refractivity contribution in [2.75, 3.05) is 11.1 Å². The molecule has 2 amide bonds. The fourth-order valence-electron chi connectivity index (χ4n) is 2.53. The van der Waals surface area contributed by atoms with Gasteiger partial charge >= 0.3 is 0 Å². The summed E-state index contributed by atoms with van der Waals surface area (Å²) in [5.41, 5.74) is 1.07. The van der Waals surface area contributed by atoms with Gasteiger partial charge in [-0.05, 0) is 17.7 Å². The lowest BCUT2D eigenvalue weighted by atomic mass is 10.1. The monoisotopic (exact) mass is 413 g/mol. The number of hydrogen-bond donors (Lipinski definition) is 2. The van der Waals surface area contributed by atoms with Crippen LogP contribution in [0.4, 0.5) is 10.1 Å². The second-order valence-electron chi connectivity index (χ2n) is 6.21. The SMILES string of the molecule is Cn1c(CNC(=O)Cc2ccccc2)nnc1SCC(=O)Nc1ccccc1F. The minimum absolute atomic E-state index is 0.0562. The Morgan fingerprint density at radius 3 is 2.52 bits per heavy atom. The molecule has 0 radical (unpaired) electrons. The number of thioether (sulfide) groups is 1. The predicted molar refractivity (Wildman–Crippen MR) is 109 cm³/mol. The van der Waals surface area contributed by atoms with Crippen LogP contribution in [0.15, 0.2) is 59.8 Å². The number of carbonyl (C=O) groups is 2. The van der Waals surface area contributed by atoms with Crippen LogP contribution < -0.4 is 10.6 Å². The first-order chi connectivity index (χ1) is 14.0. The van der Waals surface area contributed by atoms with Crippen LogP contribution in [0.5, 0.6) is 0 Å². The van der Waals surface area contributed by atoms with Crippen LogP contribution in [-0.2, 0) is 29.6 Å². The molecule has 1 aromatic heterocycles. The average Bonchev–Trinajstić information content (AvgIpc) is 3.07. The van der Waals surface area contributed by atoms with Gasteiger partial charge in [-0.2, -0.15) is 0 Å². The lowest BCUT2D eigenvalue weighted by molar-refractivity contribution is -0.120. The van der Waals surface area contributed by atoms with Gasteiger partial charge in [-0.1, -0.05) is 54.2 Å². The number of aromatic nitrogens is 3. The lowest BCUT2D eigenvalue weighted by Gasteiger charge is -2.07. The normalized spacial score (nSPS) is 10.6. The summed E-state index contributed by atoms with van der Waals surface area (Å²) in [6.07, 6.45) is 0.288. The molecule has 0 bridgehead atoms. The van der Waals surface area contributed by atoms with Crippen LogP contribution in [-0.4, -0.2) is 32.3 Å². The summed E-state index contributed by atoms with van der Waals surface area (Å²) in [4.78, 5) is 24.1. The maximum absolute atomic E-state index is 13.6. The van der Waals surface area contributed by atoms with Crippen molar-refractivity contribution in [2.45, 2.75) is 18.1 Å². The minimum Gasteiger partial charge on any atom is -0.349 e.